The van der Waals surface area contributed by atoms with Crippen LogP contribution in [0.1, 0.15) is 29.2 Å². The van der Waals surface area contributed by atoms with Gasteiger partial charge in [0.1, 0.15) is 0 Å². The number of benzene rings is 2. The lowest BCUT2D eigenvalue weighted by molar-refractivity contribution is -0.137. The minimum Gasteiger partial charge on any atom is -0.463 e. The molecule has 0 aliphatic carbocycles. The molecule has 2 rings (SSSR count). The van der Waals surface area contributed by atoms with Gasteiger partial charge in [-0.1, -0.05) is 36.4 Å². The molecule has 0 aliphatic rings. The summed E-state index contributed by atoms with van der Waals surface area (Å²) in [4.78, 5) is 11.8. The van der Waals surface area contributed by atoms with Gasteiger partial charge >= 0.3 is 5.97 Å². The van der Waals surface area contributed by atoms with E-state index in [-0.39, 0.29) is 0 Å². The summed E-state index contributed by atoms with van der Waals surface area (Å²) in [5.41, 5.74) is 3.41. The summed E-state index contributed by atoms with van der Waals surface area (Å²) in [5, 5.41) is 17.9. The Kier molecular flexibility index (Phi) is 6.28. The molecule has 0 spiro atoms. The van der Waals surface area contributed by atoms with Crippen molar-refractivity contribution in [3.8, 4) is 12.1 Å². The van der Waals surface area contributed by atoms with Crippen LogP contribution in [0.4, 0.5) is 0 Å². The molecule has 4 heteroatoms. The average molecular weight is 328 g/mol. The third kappa shape index (κ3) is 5.20. The molecule has 0 radical (unpaired) electrons. The lowest BCUT2D eigenvalue weighted by Gasteiger charge is -2.04. The van der Waals surface area contributed by atoms with Gasteiger partial charge in [0.15, 0.2) is 0 Å². The number of hydrogen-bond acceptors (Lipinski definition) is 4. The zero-order valence-corrected chi connectivity index (χ0v) is 13.8. The summed E-state index contributed by atoms with van der Waals surface area (Å²) in [6.45, 7) is 2.04. The average Bonchev–Trinajstić information content (AvgIpc) is 2.65. The van der Waals surface area contributed by atoms with E-state index in [0.29, 0.717) is 23.3 Å². The maximum atomic E-state index is 11.8. The Morgan fingerprint density at radius 1 is 1.08 bits per heavy atom. The van der Waals surface area contributed by atoms with E-state index in [9.17, 15) is 4.79 Å². The van der Waals surface area contributed by atoms with Crippen LogP contribution >= 0.6 is 0 Å². The van der Waals surface area contributed by atoms with E-state index in [1.165, 1.54) is 6.08 Å². The molecule has 2 aromatic carbocycles. The number of nitriles is 2. The molecule has 0 aliphatic heterocycles. The highest BCUT2D eigenvalue weighted by molar-refractivity contribution is 5.95. The van der Waals surface area contributed by atoms with E-state index in [2.05, 4.69) is 12.1 Å². The smallest absolute Gasteiger partial charge is 0.331 e. The first kappa shape index (κ1) is 17.7. The molecule has 122 valence electrons. The Labute approximate surface area is 146 Å². The first-order valence-corrected chi connectivity index (χ1v) is 7.73. The zero-order valence-electron chi connectivity index (χ0n) is 13.8. The van der Waals surface area contributed by atoms with E-state index in [1.807, 2.05) is 12.1 Å². The third-order valence-electron chi connectivity index (χ3n) is 3.38. The molecule has 0 unspecified atom stereocenters. The van der Waals surface area contributed by atoms with Crippen LogP contribution in [0.15, 0.2) is 60.7 Å². The number of hydrogen-bond donors (Lipinski definition) is 0. The summed E-state index contributed by atoms with van der Waals surface area (Å²) in [6, 6.07) is 18.3. The zero-order chi connectivity index (χ0) is 18.1. The quantitative estimate of drug-likeness (QED) is 0.471. The Morgan fingerprint density at radius 3 is 2.44 bits per heavy atom. The first-order valence-electron chi connectivity index (χ1n) is 7.73. The Balaban J connectivity index is 2.37. The van der Waals surface area contributed by atoms with Gasteiger partial charge in [0.2, 0.25) is 0 Å². The molecule has 0 aromatic heterocycles. The predicted octanol–water partition coefficient (Wildman–Crippen LogP) is 4.09. The second kappa shape index (κ2) is 8.86. The molecule has 0 saturated carbocycles. The summed E-state index contributed by atoms with van der Waals surface area (Å²) in [5.74, 6) is -0.433. The van der Waals surface area contributed by atoms with Crippen LogP contribution in [0.2, 0.25) is 0 Å². The fourth-order valence-electron chi connectivity index (χ4n) is 2.17. The lowest BCUT2D eigenvalue weighted by atomic mass is 10.0. The monoisotopic (exact) mass is 328 g/mol. The summed E-state index contributed by atoms with van der Waals surface area (Å²) >= 11 is 0. The molecule has 0 bridgehead atoms. The summed E-state index contributed by atoms with van der Waals surface area (Å²) in [7, 11) is 0. The fraction of sp³-hybridized carbons (Fsp3) is 0.0952. The summed E-state index contributed by atoms with van der Waals surface area (Å²) in [6.07, 6.45) is 5.02. The van der Waals surface area contributed by atoms with Gasteiger partial charge in [0.05, 0.1) is 29.9 Å². The van der Waals surface area contributed by atoms with Crippen molar-refractivity contribution < 1.29 is 9.53 Å². The van der Waals surface area contributed by atoms with E-state index in [0.717, 1.165) is 11.1 Å². The van der Waals surface area contributed by atoms with Crippen LogP contribution < -0.4 is 0 Å². The van der Waals surface area contributed by atoms with E-state index >= 15 is 0 Å². The molecular formula is C21H16N2O2. The van der Waals surface area contributed by atoms with Gasteiger partial charge in [0, 0.05) is 6.08 Å². The topological polar surface area (TPSA) is 73.9 Å². The minimum absolute atomic E-state index is 0.296. The number of esters is 1. The molecule has 0 atom stereocenters. The second-order valence-corrected chi connectivity index (χ2v) is 5.11. The van der Waals surface area contributed by atoms with Crippen molar-refractivity contribution in [1.29, 1.82) is 10.5 Å². The minimum atomic E-state index is -0.433. The standard InChI is InChI=1S/C21H16N2O2/c1-2-25-21(24)13-20(19-9-7-17(14-22)8-10-19)11-6-16-4-3-5-18(12-16)15-23/h3-13H,2H2,1H3/b11-6+,20-13+. The second-order valence-electron chi connectivity index (χ2n) is 5.11. The largest absolute Gasteiger partial charge is 0.463 e. The molecule has 4 nitrogen and oxygen atoms in total. The molecule has 0 saturated heterocycles. The lowest BCUT2D eigenvalue weighted by Crippen LogP contribution is -2.00. The summed E-state index contributed by atoms with van der Waals surface area (Å²) < 4.78 is 4.98. The van der Waals surface area contributed by atoms with Crippen molar-refractivity contribution in [2.45, 2.75) is 6.92 Å². The third-order valence-corrected chi connectivity index (χ3v) is 3.38. The van der Waals surface area contributed by atoms with Crippen molar-refractivity contribution in [1.82, 2.24) is 0 Å². The van der Waals surface area contributed by atoms with Gasteiger partial charge in [0.25, 0.3) is 0 Å². The maximum absolute atomic E-state index is 11.8. The molecule has 0 N–H and O–H groups in total. The SMILES string of the molecule is CCOC(=O)/C=C(\C=C\c1cccc(C#N)c1)c1ccc(C#N)cc1. The fourth-order valence-corrected chi connectivity index (χ4v) is 2.17. The van der Waals surface area contributed by atoms with Gasteiger partial charge in [-0.05, 0) is 47.9 Å². The van der Waals surface area contributed by atoms with Gasteiger partial charge < -0.3 is 4.74 Å². The number of ether oxygens (including phenoxy) is 1. The number of carbonyl (C=O) groups excluding carboxylic acids is 1. The van der Waals surface area contributed by atoms with Crippen molar-refractivity contribution in [3.05, 3.63) is 82.9 Å². The van der Waals surface area contributed by atoms with E-state index in [4.69, 9.17) is 15.3 Å². The van der Waals surface area contributed by atoms with Gasteiger partial charge in [-0.2, -0.15) is 10.5 Å². The maximum Gasteiger partial charge on any atom is 0.331 e. The van der Waals surface area contributed by atoms with Gasteiger partial charge in [-0.3, -0.25) is 0 Å². The van der Waals surface area contributed by atoms with E-state index in [1.54, 1.807) is 55.5 Å². The van der Waals surface area contributed by atoms with E-state index < -0.39 is 5.97 Å². The Bertz CT molecular complexity index is 895. The predicted molar refractivity (Wildman–Crippen MR) is 96.0 cm³/mol. The van der Waals surface area contributed by atoms with Gasteiger partial charge in [-0.15, -0.1) is 0 Å². The molecule has 0 amide bonds. The molecule has 25 heavy (non-hydrogen) atoms. The highest BCUT2D eigenvalue weighted by Crippen LogP contribution is 2.19. The van der Waals surface area contributed by atoms with Crippen molar-refractivity contribution >= 4 is 17.6 Å². The number of nitrogens with zero attached hydrogens (tertiary/aromatic N) is 2. The normalized spacial score (nSPS) is 10.9. The number of rotatable bonds is 5. The Hall–Kier alpha value is -3.63. The van der Waals surface area contributed by atoms with Crippen molar-refractivity contribution in [2.75, 3.05) is 6.61 Å². The van der Waals surface area contributed by atoms with Gasteiger partial charge in [-0.25, -0.2) is 4.79 Å². The van der Waals surface area contributed by atoms with Crippen molar-refractivity contribution in [2.24, 2.45) is 0 Å². The van der Waals surface area contributed by atoms with Crippen LogP contribution in [0.3, 0.4) is 0 Å². The number of carbonyl (C=O) groups is 1. The molecular weight excluding hydrogens is 312 g/mol. The molecule has 0 fully saturated rings. The molecule has 0 heterocycles. The Morgan fingerprint density at radius 2 is 1.80 bits per heavy atom. The van der Waals surface area contributed by atoms with Crippen LogP contribution in [-0.2, 0) is 9.53 Å². The number of allylic oxidation sites excluding steroid dienone is 2. The van der Waals surface area contributed by atoms with Crippen LogP contribution in [0.5, 0.6) is 0 Å². The first-order chi connectivity index (χ1) is 12.2. The molecule has 2 aromatic rings. The van der Waals surface area contributed by atoms with Crippen molar-refractivity contribution in [3.63, 3.8) is 0 Å². The van der Waals surface area contributed by atoms with Crippen LogP contribution in [0.25, 0.3) is 11.6 Å². The van der Waals surface area contributed by atoms with Crippen LogP contribution in [0, 0.1) is 22.7 Å². The highest BCUT2D eigenvalue weighted by atomic mass is 16.5. The highest BCUT2D eigenvalue weighted by Gasteiger charge is 2.04. The van der Waals surface area contributed by atoms with Crippen LogP contribution in [-0.4, -0.2) is 12.6 Å².